The number of phenolic OH excluding ortho intramolecular Hbond substituents is 1. The summed E-state index contributed by atoms with van der Waals surface area (Å²) in [6.07, 6.45) is 1.18. The van der Waals surface area contributed by atoms with E-state index in [0.717, 1.165) is 30.8 Å². The first-order chi connectivity index (χ1) is 19.7. The summed E-state index contributed by atoms with van der Waals surface area (Å²) in [5.74, 6) is 0.698. The lowest BCUT2D eigenvalue weighted by atomic mass is 9.92. The zero-order valence-corrected chi connectivity index (χ0v) is 25.5. The van der Waals surface area contributed by atoms with Gasteiger partial charge in [0.2, 0.25) is 0 Å². The van der Waals surface area contributed by atoms with Crippen molar-refractivity contribution < 1.29 is 19.4 Å². The molecule has 1 amide bonds. The molecule has 2 fully saturated rings. The number of rotatable bonds is 10. The van der Waals surface area contributed by atoms with E-state index in [4.69, 9.17) is 4.74 Å². The number of piperazine rings is 2. The monoisotopic (exact) mass is 564 g/mol. The molecule has 2 aliphatic heterocycles. The molecule has 0 saturated carbocycles. The molecule has 2 unspecified atom stereocenters. The predicted molar refractivity (Wildman–Crippen MR) is 162 cm³/mol. The van der Waals surface area contributed by atoms with Gasteiger partial charge in [0, 0.05) is 63.5 Å². The van der Waals surface area contributed by atoms with E-state index in [2.05, 4.69) is 49.6 Å². The Morgan fingerprint density at radius 3 is 2.29 bits per heavy atom. The van der Waals surface area contributed by atoms with Gasteiger partial charge in [-0.05, 0) is 62.1 Å². The minimum Gasteiger partial charge on any atom is -0.508 e. The Morgan fingerprint density at radius 2 is 1.63 bits per heavy atom. The van der Waals surface area contributed by atoms with Crippen LogP contribution in [0.25, 0.3) is 0 Å². The molecule has 0 spiro atoms. The van der Waals surface area contributed by atoms with Gasteiger partial charge >= 0.3 is 5.97 Å². The van der Waals surface area contributed by atoms with Crippen molar-refractivity contribution in [3.8, 4) is 5.75 Å². The van der Waals surface area contributed by atoms with Gasteiger partial charge in [-0.2, -0.15) is 0 Å². The minimum absolute atomic E-state index is 0.0112. The van der Waals surface area contributed by atoms with Crippen molar-refractivity contribution in [2.24, 2.45) is 5.92 Å². The first-order valence-electron chi connectivity index (χ1n) is 15.3. The molecule has 4 atom stereocenters. The third-order valence-electron chi connectivity index (χ3n) is 8.69. The SMILES string of the molecule is CCOC(=O)CN1CCN(C(=O)c2cccc(C(c3cccc(O)c3)N3C[C@@H](C)N(CC(C)CC)C[C@@H]3C)c2)CC1. The molecular weight excluding hydrogens is 516 g/mol. The number of aromatic hydroxyl groups is 1. The Labute approximate surface area is 245 Å². The molecule has 2 heterocycles. The fourth-order valence-electron chi connectivity index (χ4n) is 6.16. The molecule has 0 radical (unpaired) electrons. The number of benzene rings is 2. The number of esters is 1. The molecule has 4 rings (SSSR count). The predicted octanol–water partition coefficient (Wildman–Crippen LogP) is 4.24. The van der Waals surface area contributed by atoms with Gasteiger partial charge in [-0.15, -0.1) is 0 Å². The molecule has 0 bridgehead atoms. The first kappa shape index (κ1) is 31.0. The highest BCUT2D eigenvalue weighted by atomic mass is 16.5. The number of carbonyl (C=O) groups is 2. The maximum Gasteiger partial charge on any atom is 0.320 e. The molecule has 8 heteroatoms. The highest BCUT2D eigenvalue weighted by Crippen LogP contribution is 2.35. The van der Waals surface area contributed by atoms with Crippen molar-refractivity contribution in [2.75, 3.05) is 59.0 Å². The molecule has 2 aromatic carbocycles. The van der Waals surface area contributed by atoms with Gasteiger partial charge in [0.15, 0.2) is 0 Å². The van der Waals surface area contributed by atoms with E-state index in [1.54, 1.807) is 6.07 Å². The number of hydrogen-bond donors (Lipinski definition) is 1. The average Bonchev–Trinajstić information content (AvgIpc) is 2.96. The van der Waals surface area contributed by atoms with E-state index in [-0.39, 0.29) is 30.2 Å². The third-order valence-corrected chi connectivity index (χ3v) is 8.69. The van der Waals surface area contributed by atoms with Crippen LogP contribution in [0, 0.1) is 5.92 Å². The highest BCUT2D eigenvalue weighted by Gasteiger charge is 2.35. The summed E-state index contributed by atoms with van der Waals surface area (Å²) in [7, 11) is 0. The Balaban J connectivity index is 1.54. The summed E-state index contributed by atoms with van der Waals surface area (Å²) < 4.78 is 5.08. The zero-order valence-electron chi connectivity index (χ0n) is 25.5. The number of ether oxygens (including phenoxy) is 1. The molecule has 2 aromatic rings. The molecule has 41 heavy (non-hydrogen) atoms. The van der Waals surface area contributed by atoms with Crippen LogP contribution in [0.4, 0.5) is 0 Å². The van der Waals surface area contributed by atoms with E-state index < -0.39 is 0 Å². The molecule has 2 aliphatic rings. The average molecular weight is 565 g/mol. The Kier molecular flexibility index (Phi) is 10.8. The molecular formula is C33H48N4O4. The number of phenols is 1. The van der Waals surface area contributed by atoms with Crippen molar-refractivity contribution >= 4 is 11.9 Å². The van der Waals surface area contributed by atoms with Gasteiger partial charge in [0.25, 0.3) is 5.91 Å². The summed E-state index contributed by atoms with van der Waals surface area (Å²) in [6, 6.07) is 16.2. The van der Waals surface area contributed by atoms with Crippen LogP contribution in [0.3, 0.4) is 0 Å². The van der Waals surface area contributed by atoms with Crippen LogP contribution >= 0.6 is 0 Å². The van der Waals surface area contributed by atoms with Gasteiger partial charge < -0.3 is 14.7 Å². The van der Waals surface area contributed by atoms with Crippen molar-refractivity contribution in [3.63, 3.8) is 0 Å². The Bertz CT molecular complexity index is 1170. The summed E-state index contributed by atoms with van der Waals surface area (Å²) in [6.45, 7) is 17.0. The van der Waals surface area contributed by atoms with Gasteiger partial charge in [-0.3, -0.25) is 24.3 Å². The van der Waals surface area contributed by atoms with E-state index in [1.165, 1.54) is 6.42 Å². The Morgan fingerprint density at radius 1 is 0.951 bits per heavy atom. The second kappa shape index (κ2) is 14.3. The van der Waals surface area contributed by atoms with E-state index in [1.807, 2.05) is 47.1 Å². The molecule has 224 valence electrons. The smallest absolute Gasteiger partial charge is 0.320 e. The zero-order chi connectivity index (χ0) is 29.5. The minimum atomic E-state index is -0.220. The van der Waals surface area contributed by atoms with Crippen LogP contribution < -0.4 is 0 Å². The fourth-order valence-corrected chi connectivity index (χ4v) is 6.16. The van der Waals surface area contributed by atoms with Crippen molar-refractivity contribution in [1.29, 1.82) is 0 Å². The third kappa shape index (κ3) is 7.87. The van der Waals surface area contributed by atoms with Crippen LogP contribution in [-0.4, -0.2) is 108 Å². The summed E-state index contributed by atoms with van der Waals surface area (Å²) in [5.41, 5.74) is 2.75. The topological polar surface area (TPSA) is 76.6 Å². The van der Waals surface area contributed by atoms with Crippen molar-refractivity contribution in [3.05, 3.63) is 65.2 Å². The van der Waals surface area contributed by atoms with Crippen LogP contribution in [0.2, 0.25) is 0 Å². The number of amides is 1. The van der Waals surface area contributed by atoms with Crippen LogP contribution in [-0.2, 0) is 9.53 Å². The van der Waals surface area contributed by atoms with Crippen LogP contribution in [0.5, 0.6) is 5.75 Å². The number of hydrogen-bond acceptors (Lipinski definition) is 7. The molecule has 0 aromatic heterocycles. The van der Waals surface area contributed by atoms with Gasteiger partial charge in [0.05, 0.1) is 19.2 Å². The molecule has 0 aliphatic carbocycles. The van der Waals surface area contributed by atoms with E-state index >= 15 is 0 Å². The lowest BCUT2D eigenvalue weighted by molar-refractivity contribution is -0.144. The second-order valence-corrected chi connectivity index (χ2v) is 11.9. The number of nitrogens with zero attached hydrogens (tertiary/aromatic N) is 4. The second-order valence-electron chi connectivity index (χ2n) is 11.9. The van der Waals surface area contributed by atoms with Gasteiger partial charge in [0.1, 0.15) is 5.75 Å². The lowest BCUT2D eigenvalue weighted by Crippen LogP contribution is -2.57. The standard InChI is InChI=1S/C33H48N4O4/c1-6-24(3)20-36-21-26(5)37(22-25(36)4)32(28-11-9-13-30(38)19-28)27-10-8-12-29(18-27)33(40)35-16-14-34(15-17-35)23-31(39)41-7-2/h8-13,18-19,24-26,32,38H,6-7,14-17,20-23H2,1-5H3/t24?,25-,26+,32?/m1/s1. The van der Waals surface area contributed by atoms with Crippen LogP contribution in [0.1, 0.15) is 68.6 Å². The quantitative estimate of drug-likeness (QED) is 0.433. The van der Waals surface area contributed by atoms with E-state index in [9.17, 15) is 14.7 Å². The summed E-state index contributed by atoms with van der Waals surface area (Å²) in [4.78, 5) is 34.6. The van der Waals surface area contributed by atoms with Gasteiger partial charge in [-0.25, -0.2) is 0 Å². The maximum atomic E-state index is 13.6. The largest absolute Gasteiger partial charge is 0.508 e. The van der Waals surface area contributed by atoms with Crippen molar-refractivity contribution in [2.45, 2.75) is 59.2 Å². The Hall–Kier alpha value is -2.94. The lowest BCUT2D eigenvalue weighted by Gasteiger charge is -2.48. The highest BCUT2D eigenvalue weighted by molar-refractivity contribution is 5.94. The van der Waals surface area contributed by atoms with Gasteiger partial charge in [-0.1, -0.05) is 44.5 Å². The number of carbonyl (C=O) groups excluding carboxylic acids is 2. The first-order valence-corrected chi connectivity index (χ1v) is 15.3. The van der Waals surface area contributed by atoms with Crippen LogP contribution in [0.15, 0.2) is 48.5 Å². The summed E-state index contributed by atoms with van der Waals surface area (Å²) >= 11 is 0. The fraction of sp³-hybridized carbons (Fsp3) is 0.576. The maximum absolute atomic E-state index is 13.6. The molecule has 8 nitrogen and oxygen atoms in total. The normalized spacial score (nSPS) is 22.3. The molecule has 2 saturated heterocycles. The summed E-state index contributed by atoms with van der Waals surface area (Å²) in [5, 5.41) is 10.4. The van der Waals surface area contributed by atoms with Crippen molar-refractivity contribution in [1.82, 2.24) is 19.6 Å². The molecule has 1 N–H and O–H groups in total. The van der Waals surface area contributed by atoms with E-state index in [0.29, 0.717) is 56.4 Å².